The fraction of sp³-hybridized carbons (Fsp3) is 0.438. The van der Waals surface area contributed by atoms with Crippen molar-refractivity contribution in [2.24, 2.45) is 5.41 Å². The number of esters is 1. The summed E-state index contributed by atoms with van der Waals surface area (Å²) >= 11 is 5.73. The maximum absolute atomic E-state index is 11.5. The molecule has 0 unspecified atom stereocenters. The molecule has 0 bridgehead atoms. The summed E-state index contributed by atoms with van der Waals surface area (Å²) in [6, 6.07) is 6.48. The zero-order valence-electron chi connectivity index (χ0n) is 13.8. The molecule has 1 rings (SSSR count). The van der Waals surface area contributed by atoms with Crippen LogP contribution in [0.15, 0.2) is 24.3 Å². The predicted molar refractivity (Wildman–Crippen MR) is 88.3 cm³/mol. The Kier molecular flexibility index (Phi) is 7.51. The zero-order valence-corrected chi connectivity index (χ0v) is 14.6. The number of hydrazine groups is 1. The van der Waals surface area contributed by atoms with Gasteiger partial charge in [0.15, 0.2) is 13.2 Å². The third-order valence-electron chi connectivity index (χ3n) is 2.56. The van der Waals surface area contributed by atoms with Gasteiger partial charge >= 0.3 is 5.97 Å². The minimum atomic E-state index is -0.642. The number of nitrogens with one attached hydrogen (secondary N) is 2. The van der Waals surface area contributed by atoms with E-state index < -0.39 is 24.4 Å². The summed E-state index contributed by atoms with van der Waals surface area (Å²) in [5, 5.41) is 0.556. The van der Waals surface area contributed by atoms with Crippen molar-refractivity contribution in [3.8, 4) is 5.75 Å². The lowest BCUT2D eigenvalue weighted by Crippen LogP contribution is -2.45. The molecule has 1 aromatic carbocycles. The molecule has 0 aromatic heterocycles. The molecule has 0 heterocycles. The number of halogens is 1. The van der Waals surface area contributed by atoms with Gasteiger partial charge in [-0.05, 0) is 29.7 Å². The van der Waals surface area contributed by atoms with Crippen molar-refractivity contribution < 1.29 is 23.9 Å². The van der Waals surface area contributed by atoms with E-state index in [0.29, 0.717) is 10.8 Å². The van der Waals surface area contributed by atoms with Gasteiger partial charge in [-0.2, -0.15) is 0 Å². The first-order valence-electron chi connectivity index (χ1n) is 7.27. The van der Waals surface area contributed by atoms with Crippen molar-refractivity contribution in [2.45, 2.75) is 27.2 Å². The van der Waals surface area contributed by atoms with Crippen molar-refractivity contribution in [1.29, 1.82) is 0 Å². The monoisotopic (exact) mass is 356 g/mol. The van der Waals surface area contributed by atoms with Crippen LogP contribution in [0.5, 0.6) is 5.75 Å². The molecule has 0 saturated carbocycles. The van der Waals surface area contributed by atoms with Crippen LogP contribution in [0, 0.1) is 5.41 Å². The van der Waals surface area contributed by atoms with Gasteiger partial charge in [0.2, 0.25) is 0 Å². The Labute approximate surface area is 145 Å². The Bertz CT molecular complexity index is 581. The lowest BCUT2D eigenvalue weighted by Gasteiger charge is -2.16. The summed E-state index contributed by atoms with van der Waals surface area (Å²) in [5.74, 6) is -1.21. The van der Waals surface area contributed by atoms with Crippen LogP contribution < -0.4 is 15.6 Å². The van der Waals surface area contributed by atoms with Gasteiger partial charge in [0.25, 0.3) is 11.8 Å². The summed E-state index contributed by atoms with van der Waals surface area (Å²) in [5.41, 5.74) is 4.06. The number of ether oxygens (including phenoxy) is 2. The second kappa shape index (κ2) is 9.12. The molecule has 1 aromatic rings. The van der Waals surface area contributed by atoms with E-state index in [1.165, 1.54) is 0 Å². The third-order valence-corrected chi connectivity index (χ3v) is 2.82. The minimum absolute atomic E-state index is 0.196. The molecular weight excluding hydrogens is 336 g/mol. The second-order valence-corrected chi connectivity index (χ2v) is 6.67. The highest BCUT2D eigenvalue weighted by Crippen LogP contribution is 2.18. The van der Waals surface area contributed by atoms with Crippen LogP contribution in [0.3, 0.4) is 0 Å². The van der Waals surface area contributed by atoms with Crippen LogP contribution in [0.2, 0.25) is 5.02 Å². The van der Waals surface area contributed by atoms with Gasteiger partial charge in [0.05, 0.1) is 6.42 Å². The molecule has 132 valence electrons. The lowest BCUT2D eigenvalue weighted by molar-refractivity contribution is -0.150. The highest BCUT2D eigenvalue weighted by Gasteiger charge is 2.18. The Morgan fingerprint density at radius 3 is 2.08 bits per heavy atom. The van der Waals surface area contributed by atoms with Crippen LogP contribution in [-0.2, 0) is 19.1 Å². The molecule has 0 saturated heterocycles. The number of carbonyl (C=O) groups is 3. The predicted octanol–water partition coefficient (Wildman–Crippen LogP) is 1.85. The van der Waals surface area contributed by atoms with Gasteiger partial charge in [-0.25, -0.2) is 0 Å². The molecule has 2 N–H and O–H groups in total. The van der Waals surface area contributed by atoms with Gasteiger partial charge in [0.1, 0.15) is 5.75 Å². The van der Waals surface area contributed by atoms with E-state index in [9.17, 15) is 14.4 Å². The first kappa shape index (κ1) is 19.8. The number of amides is 2. The summed E-state index contributed by atoms with van der Waals surface area (Å²) in [7, 11) is 0. The first-order chi connectivity index (χ1) is 11.2. The number of hydrogen-bond acceptors (Lipinski definition) is 5. The maximum Gasteiger partial charge on any atom is 0.306 e. The Balaban J connectivity index is 2.20. The van der Waals surface area contributed by atoms with Crippen molar-refractivity contribution in [3.63, 3.8) is 0 Å². The largest absolute Gasteiger partial charge is 0.484 e. The van der Waals surface area contributed by atoms with Gasteiger partial charge in [-0.3, -0.25) is 25.2 Å². The minimum Gasteiger partial charge on any atom is -0.484 e. The zero-order chi connectivity index (χ0) is 18.2. The van der Waals surface area contributed by atoms with Crippen molar-refractivity contribution in [1.82, 2.24) is 10.9 Å². The molecule has 0 atom stereocenters. The van der Waals surface area contributed by atoms with Crippen molar-refractivity contribution >= 4 is 29.4 Å². The highest BCUT2D eigenvalue weighted by atomic mass is 35.5. The number of carbonyl (C=O) groups excluding carboxylic acids is 3. The summed E-state index contributed by atoms with van der Waals surface area (Å²) in [6.45, 7) is 4.90. The molecule has 0 radical (unpaired) electrons. The summed E-state index contributed by atoms with van der Waals surface area (Å²) in [4.78, 5) is 34.5. The third kappa shape index (κ3) is 8.99. The van der Waals surface area contributed by atoms with E-state index in [0.717, 1.165) is 0 Å². The van der Waals surface area contributed by atoms with E-state index in [1.807, 2.05) is 20.8 Å². The Morgan fingerprint density at radius 2 is 1.54 bits per heavy atom. The average molecular weight is 357 g/mol. The molecule has 7 nitrogen and oxygen atoms in total. The lowest BCUT2D eigenvalue weighted by atomic mass is 9.93. The fourth-order valence-corrected chi connectivity index (χ4v) is 1.65. The fourth-order valence-electron chi connectivity index (χ4n) is 1.52. The van der Waals surface area contributed by atoms with Crippen LogP contribution in [-0.4, -0.2) is 31.0 Å². The Morgan fingerprint density at radius 1 is 1.00 bits per heavy atom. The summed E-state index contributed by atoms with van der Waals surface area (Å²) in [6.07, 6.45) is 0.196. The molecule has 8 heteroatoms. The highest BCUT2D eigenvalue weighted by molar-refractivity contribution is 6.30. The Hall–Kier alpha value is -2.28. The topological polar surface area (TPSA) is 93.7 Å². The van der Waals surface area contributed by atoms with E-state index >= 15 is 0 Å². The number of rotatable bonds is 6. The van der Waals surface area contributed by atoms with Gasteiger partial charge < -0.3 is 9.47 Å². The van der Waals surface area contributed by atoms with Gasteiger partial charge in [-0.1, -0.05) is 32.4 Å². The van der Waals surface area contributed by atoms with E-state index in [4.69, 9.17) is 21.1 Å². The average Bonchev–Trinajstić information content (AvgIpc) is 2.48. The smallest absolute Gasteiger partial charge is 0.306 e. The van der Waals surface area contributed by atoms with Gasteiger partial charge in [0, 0.05) is 5.02 Å². The molecule has 0 fully saturated rings. The van der Waals surface area contributed by atoms with Gasteiger partial charge in [-0.15, -0.1) is 0 Å². The van der Waals surface area contributed by atoms with Crippen LogP contribution in [0.25, 0.3) is 0 Å². The quantitative estimate of drug-likeness (QED) is 0.599. The standard InChI is InChI=1S/C16H21ClN2O5/c1-16(2,3)8-15(22)24-10-14(21)19-18-13(20)9-23-12-6-4-11(17)5-7-12/h4-7H,8-10H2,1-3H3,(H,18,20)(H,19,21). The van der Waals surface area contributed by atoms with Crippen LogP contribution >= 0.6 is 11.6 Å². The van der Waals surface area contributed by atoms with E-state index in [-0.39, 0.29) is 18.4 Å². The molecule has 0 aliphatic rings. The molecule has 0 aliphatic carbocycles. The SMILES string of the molecule is CC(C)(C)CC(=O)OCC(=O)NNC(=O)COc1ccc(Cl)cc1. The van der Waals surface area contributed by atoms with E-state index in [1.54, 1.807) is 24.3 Å². The van der Waals surface area contributed by atoms with E-state index in [2.05, 4.69) is 10.9 Å². The summed E-state index contributed by atoms with van der Waals surface area (Å²) < 4.78 is 10.0. The molecule has 0 spiro atoms. The van der Waals surface area contributed by atoms with Crippen LogP contribution in [0.1, 0.15) is 27.2 Å². The molecular formula is C16H21ClN2O5. The van der Waals surface area contributed by atoms with Crippen molar-refractivity contribution in [2.75, 3.05) is 13.2 Å². The maximum atomic E-state index is 11.5. The second-order valence-electron chi connectivity index (χ2n) is 6.24. The number of hydrogen-bond donors (Lipinski definition) is 2. The van der Waals surface area contributed by atoms with Crippen molar-refractivity contribution in [3.05, 3.63) is 29.3 Å². The molecule has 2 amide bonds. The van der Waals surface area contributed by atoms with Crippen LogP contribution in [0.4, 0.5) is 0 Å². The normalized spacial score (nSPS) is 10.7. The molecule has 24 heavy (non-hydrogen) atoms. The first-order valence-corrected chi connectivity index (χ1v) is 7.65. The molecule has 0 aliphatic heterocycles. The number of benzene rings is 1.